The Labute approximate surface area is 171 Å². The molecule has 0 amide bonds. The molecule has 0 fully saturated rings. The lowest BCUT2D eigenvalue weighted by Crippen LogP contribution is -2.25. The van der Waals surface area contributed by atoms with Crippen molar-refractivity contribution in [2.45, 2.75) is 26.2 Å². The van der Waals surface area contributed by atoms with Crippen molar-refractivity contribution in [1.82, 2.24) is 13.6 Å². The normalized spacial score (nSPS) is 14.0. The average Bonchev–Trinajstić information content (AvgIpc) is 3.28. The molecule has 0 aromatic carbocycles. The van der Waals surface area contributed by atoms with E-state index in [0.717, 1.165) is 38.0 Å². The van der Waals surface area contributed by atoms with Crippen molar-refractivity contribution in [3.05, 3.63) is 33.7 Å². The lowest BCUT2D eigenvalue weighted by atomic mass is 10.1. The number of nitrogens with zero attached hydrogens (tertiary/aromatic N) is 3. The highest BCUT2D eigenvalue weighted by Gasteiger charge is 2.18. The number of carboxylic acid groups (broad SMARTS) is 2. The lowest BCUT2D eigenvalue weighted by Gasteiger charge is -2.22. The predicted molar refractivity (Wildman–Crippen MR) is 108 cm³/mol. The van der Waals surface area contributed by atoms with Gasteiger partial charge in [0, 0.05) is 22.8 Å². The first kappa shape index (κ1) is 22.0. The van der Waals surface area contributed by atoms with Gasteiger partial charge in [-0.2, -0.15) is 4.37 Å². The SMILES string of the molecule is Cc1ccc(CCCOc2nsnc2C2=CCCN(C)C2)s1.O=C(O)C(=O)O. The highest BCUT2D eigenvalue weighted by atomic mass is 32.1. The Hall–Kier alpha value is -2.30. The van der Waals surface area contributed by atoms with Crippen molar-refractivity contribution in [3.63, 3.8) is 0 Å². The molecule has 0 saturated carbocycles. The van der Waals surface area contributed by atoms with Crippen LogP contribution in [0.4, 0.5) is 0 Å². The number of carbonyl (C=O) groups is 2. The zero-order chi connectivity index (χ0) is 20.5. The number of aryl methyl sites for hydroxylation is 2. The molecule has 3 heterocycles. The summed E-state index contributed by atoms with van der Waals surface area (Å²) >= 11 is 3.10. The number of hydrogen-bond acceptors (Lipinski definition) is 8. The quantitative estimate of drug-likeness (QED) is 0.537. The summed E-state index contributed by atoms with van der Waals surface area (Å²) in [5.74, 6) is -2.95. The minimum absolute atomic E-state index is 0.693. The molecule has 0 aliphatic carbocycles. The molecule has 0 unspecified atom stereocenters. The zero-order valence-electron chi connectivity index (χ0n) is 15.8. The smallest absolute Gasteiger partial charge is 0.414 e. The molecule has 1 aliphatic heterocycles. The van der Waals surface area contributed by atoms with E-state index < -0.39 is 11.9 Å². The standard InChI is InChI=1S/C16H21N3OS2.C2H2O4/c1-12-7-8-14(21-12)6-4-10-20-16-15(17-22-18-16)13-5-3-9-19(2)11-13;3-1(4)2(5)6/h5,7-8H,3-4,6,9-11H2,1-2H3;(H,3,4)(H,5,6). The summed E-state index contributed by atoms with van der Waals surface area (Å²) in [4.78, 5) is 23.3. The number of rotatable bonds is 6. The topological polar surface area (TPSA) is 113 Å². The molecular formula is C18H23N3O5S2. The fraction of sp³-hybridized carbons (Fsp3) is 0.444. The average molecular weight is 426 g/mol. The molecule has 2 aromatic rings. The second kappa shape index (κ2) is 10.9. The Morgan fingerprint density at radius 2 is 2.00 bits per heavy atom. The van der Waals surface area contributed by atoms with Crippen molar-refractivity contribution in [2.24, 2.45) is 0 Å². The predicted octanol–water partition coefficient (Wildman–Crippen LogP) is 2.79. The molecular weight excluding hydrogens is 402 g/mol. The Kier molecular flexibility index (Phi) is 8.55. The van der Waals surface area contributed by atoms with Crippen molar-refractivity contribution >= 4 is 40.6 Å². The number of likely N-dealkylation sites (N-methyl/N-ethyl adjacent to an activating group) is 1. The van der Waals surface area contributed by atoms with Crippen molar-refractivity contribution in [1.29, 1.82) is 0 Å². The van der Waals surface area contributed by atoms with E-state index in [4.69, 9.17) is 24.5 Å². The van der Waals surface area contributed by atoms with Crippen LogP contribution in [-0.2, 0) is 16.0 Å². The van der Waals surface area contributed by atoms with E-state index in [0.29, 0.717) is 12.5 Å². The van der Waals surface area contributed by atoms with Crippen LogP contribution >= 0.6 is 23.1 Å². The summed E-state index contributed by atoms with van der Waals surface area (Å²) in [6.07, 6.45) is 5.41. The van der Waals surface area contributed by atoms with Crippen LogP contribution in [0.2, 0.25) is 0 Å². The number of aromatic nitrogens is 2. The van der Waals surface area contributed by atoms with Gasteiger partial charge in [0.15, 0.2) is 0 Å². The lowest BCUT2D eigenvalue weighted by molar-refractivity contribution is -0.159. The zero-order valence-corrected chi connectivity index (χ0v) is 17.4. The van der Waals surface area contributed by atoms with Crippen LogP contribution < -0.4 is 4.74 Å². The minimum Gasteiger partial charge on any atom is -0.475 e. The van der Waals surface area contributed by atoms with E-state index in [1.54, 1.807) is 0 Å². The van der Waals surface area contributed by atoms with E-state index in [-0.39, 0.29) is 0 Å². The van der Waals surface area contributed by atoms with E-state index >= 15 is 0 Å². The molecule has 152 valence electrons. The third-order valence-corrected chi connectivity index (χ3v) is 5.46. The van der Waals surface area contributed by atoms with Crippen LogP contribution in [0.3, 0.4) is 0 Å². The molecule has 0 radical (unpaired) electrons. The molecule has 0 bridgehead atoms. The van der Waals surface area contributed by atoms with Gasteiger partial charge in [-0.1, -0.05) is 6.08 Å². The van der Waals surface area contributed by atoms with Gasteiger partial charge in [-0.15, -0.1) is 15.7 Å². The summed E-state index contributed by atoms with van der Waals surface area (Å²) in [7, 11) is 2.14. The van der Waals surface area contributed by atoms with Crippen LogP contribution in [0, 0.1) is 6.92 Å². The summed E-state index contributed by atoms with van der Waals surface area (Å²) in [6.45, 7) is 4.87. The van der Waals surface area contributed by atoms with Crippen molar-refractivity contribution < 1.29 is 24.5 Å². The molecule has 0 saturated heterocycles. The number of ether oxygens (including phenoxy) is 1. The molecule has 28 heavy (non-hydrogen) atoms. The number of hydrogen-bond donors (Lipinski definition) is 2. The van der Waals surface area contributed by atoms with Crippen molar-refractivity contribution in [2.75, 3.05) is 26.7 Å². The molecule has 2 N–H and O–H groups in total. The molecule has 8 nitrogen and oxygen atoms in total. The monoisotopic (exact) mass is 425 g/mol. The first-order chi connectivity index (χ1) is 13.4. The molecule has 1 aliphatic rings. The second-order valence-electron chi connectivity index (χ2n) is 6.25. The minimum atomic E-state index is -1.82. The highest BCUT2D eigenvalue weighted by Crippen LogP contribution is 2.27. The Morgan fingerprint density at radius 3 is 2.61 bits per heavy atom. The fourth-order valence-corrected chi connectivity index (χ4v) is 4.03. The molecule has 10 heteroatoms. The van der Waals surface area contributed by atoms with E-state index in [9.17, 15) is 0 Å². The van der Waals surface area contributed by atoms with Gasteiger partial charge in [-0.25, -0.2) is 9.59 Å². The second-order valence-corrected chi connectivity index (χ2v) is 8.15. The summed E-state index contributed by atoms with van der Waals surface area (Å²) in [5.41, 5.74) is 2.18. The van der Waals surface area contributed by atoms with E-state index in [2.05, 4.69) is 45.8 Å². The van der Waals surface area contributed by atoms with Gasteiger partial charge in [-0.3, -0.25) is 0 Å². The molecule has 0 atom stereocenters. The van der Waals surface area contributed by atoms with Gasteiger partial charge in [0.1, 0.15) is 5.69 Å². The van der Waals surface area contributed by atoms with E-state index in [1.165, 1.54) is 27.1 Å². The fourth-order valence-electron chi connectivity index (χ4n) is 2.57. The van der Waals surface area contributed by atoms with Crippen LogP contribution in [0.25, 0.3) is 5.57 Å². The summed E-state index contributed by atoms with van der Waals surface area (Å²) in [6, 6.07) is 4.38. The Balaban J connectivity index is 0.000000409. The van der Waals surface area contributed by atoms with Crippen molar-refractivity contribution in [3.8, 4) is 5.88 Å². The summed E-state index contributed by atoms with van der Waals surface area (Å²) < 4.78 is 14.6. The largest absolute Gasteiger partial charge is 0.475 e. The summed E-state index contributed by atoms with van der Waals surface area (Å²) in [5, 5.41) is 14.8. The number of thiophene rings is 1. The first-order valence-corrected chi connectivity index (χ1v) is 10.3. The van der Waals surface area contributed by atoms with Gasteiger partial charge in [0.2, 0.25) is 0 Å². The van der Waals surface area contributed by atoms with Crippen LogP contribution in [0.5, 0.6) is 5.88 Å². The molecule has 2 aromatic heterocycles. The maximum absolute atomic E-state index is 9.10. The van der Waals surface area contributed by atoms with Gasteiger partial charge in [0.05, 0.1) is 18.3 Å². The third-order valence-electron chi connectivity index (χ3n) is 3.89. The van der Waals surface area contributed by atoms with Crippen LogP contribution in [0.15, 0.2) is 18.2 Å². The number of carboxylic acids is 2. The number of aliphatic carboxylic acids is 2. The Morgan fingerprint density at radius 1 is 1.25 bits per heavy atom. The Bertz CT molecular complexity index is 819. The van der Waals surface area contributed by atoms with Crippen LogP contribution in [0.1, 0.15) is 28.3 Å². The molecule has 3 rings (SSSR count). The first-order valence-electron chi connectivity index (χ1n) is 8.71. The maximum Gasteiger partial charge on any atom is 0.414 e. The van der Waals surface area contributed by atoms with E-state index in [1.807, 2.05) is 11.3 Å². The van der Waals surface area contributed by atoms with Gasteiger partial charge >= 0.3 is 11.9 Å². The van der Waals surface area contributed by atoms with Crippen LogP contribution in [-0.4, -0.2) is 62.5 Å². The maximum atomic E-state index is 9.10. The van der Waals surface area contributed by atoms with Gasteiger partial charge in [0.25, 0.3) is 5.88 Å². The highest BCUT2D eigenvalue weighted by molar-refractivity contribution is 7.11. The third kappa shape index (κ3) is 7.02. The van der Waals surface area contributed by atoms with Gasteiger partial charge in [-0.05, 0) is 50.9 Å². The van der Waals surface area contributed by atoms with Gasteiger partial charge < -0.3 is 19.8 Å². The molecule has 0 spiro atoms.